The van der Waals surface area contributed by atoms with Crippen LogP contribution in [0.4, 0.5) is 5.69 Å². The fourth-order valence-corrected chi connectivity index (χ4v) is 2.01. The molecule has 0 saturated carbocycles. The van der Waals surface area contributed by atoms with E-state index in [1.165, 1.54) is 0 Å². The molecule has 0 radical (unpaired) electrons. The number of hydrogen-bond donors (Lipinski definition) is 1. The molecule has 0 aromatic heterocycles. The lowest BCUT2D eigenvalue weighted by atomic mass is 10.1. The minimum Gasteiger partial charge on any atom is -0.382 e. The molecule has 3 nitrogen and oxygen atoms in total. The third-order valence-corrected chi connectivity index (χ3v) is 2.74. The molecule has 0 atom stereocenters. The topological polar surface area (TPSA) is 45.0 Å². The predicted octanol–water partition coefficient (Wildman–Crippen LogP) is 3.55. The number of halogens is 1. The van der Waals surface area contributed by atoms with Gasteiger partial charge in [0.2, 0.25) is 0 Å². The number of anilines is 1. The van der Waals surface area contributed by atoms with Crippen molar-refractivity contribution in [3.8, 4) is 6.07 Å². The van der Waals surface area contributed by atoms with Crippen LogP contribution in [0.1, 0.15) is 26.3 Å². The van der Waals surface area contributed by atoms with Crippen molar-refractivity contribution in [3.63, 3.8) is 0 Å². The van der Waals surface area contributed by atoms with Crippen LogP contribution in [0.15, 0.2) is 22.7 Å². The molecule has 1 aromatic carbocycles. The van der Waals surface area contributed by atoms with Crippen LogP contribution in [0.3, 0.4) is 0 Å². The molecule has 0 aliphatic rings. The number of hydrogen-bond acceptors (Lipinski definition) is 3. The molecule has 0 amide bonds. The Labute approximate surface area is 111 Å². The monoisotopic (exact) mass is 296 g/mol. The molecule has 0 fully saturated rings. The van der Waals surface area contributed by atoms with Crippen molar-refractivity contribution < 1.29 is 4.74 Å². The first-order valence-corrected chi connectivity index (χ1v) is 6.34. The molecular weight excluding hydrogens is 280 g/mol. The Balaban J connectivity index is 2.70. The minimum absolute atomic E-state index is 0.218. The average Bonchev–Trinajstić information content (AvgIpc) is 2.26. The van der Waals surface area contributed by atoms with E-state index in [0.717, 1.165) is 10.2 Å². The largest absolute Gasteiger partial charge is 0.382 e. The molecule has 0 spiro atoms. The summed E-state index contributed by atoms with van der Waals surface area (Å²) in [6, 6.07) is 7.69. The van der Waals surface area contributed by atoms with E-state index in [0.29, 0.717) is 18.7 Å². The Hall–Kier alpha value is -1.05. The van der Waals surface area contributed by atoms with Gasteiger partial charge in [-0.3, -0.25) is 0 Å². The van der Waals surface area contributed by atoms with Crippen LogP contribution in [0, 0.1) is 11.3 Å². The van der Waals surface area contributed by atoms with Gasteiger partial charge in [0.1, 0.15) is 0 Å². The van der Waals surface area contributed by atoms with E-state index < -0.39 is 0 Å². The van der Waals surface area contributed by atoms with Crippen LogP contribution < -0.4 is 5.32 Å². The summed E-state index contributed by atoms with van der Waals surface area (Å²) in [4.78, 5) is 0. The lowest BCUT2D eigenvalue weighted by molar-refractivity contribution is 0.000697. The SMILES string of the molecule is CCOC(C)(C)CNc1cc(Br)cc(C#N)c1. The van der Waals surface area contributed by atoms with Crippen molar-refractivity contribution in [1.29, 1.82) is 5.26 Å². The molecule has 0 aliphatic heterocycles. The third-order valence-electron chi connectivity index (χ3n) is 2.28. The molecule has 0 saturated heterocycles. The highest BCUT2D eigenvalue weighted by Crippen LogP contribution is 2.20. The molecule has 4 heteroatoms. The second-order valence-electron chi connectivity index (χ2n) is 4.39. The Morgan fingerprint density at radius 2 is 2.12 bits per heavy atom. The zero-order valence-electron chi connectivity index (χ0n) is 10.4. The van der Waals surface area contributed by atoms with E-state index in [1.807, 2.05) is 32.9 Å². The van der Waals surface area contributed by atoms with Crippen molar-refractivity contribution in [2.45, 2.75) is 26.4 Å². The van der Waals surface area contributed by atoms with Crippen molar-refractivity contribution in [2.24, 2.45) is 0 Å². The van der Waals surface area contributed by atoms with Gasteiger partial charge >= 0.3 is 0 Å². The Morgan fingerprint density at radius 3 is 2.71 bits per heavy atom. The summed E-state index contributed by atoms with van der Waals surface area (Å²) >= 11 is 3.38. The molecule has 1 rings (SSSR count). The lowest BCUT2D eigenvalue weighted by Gasteiger charge is -2.25. The summed E-state index contributed by atoms with van der Waals surface area (Å²) < 4.78 is 6.50. The molecule has 17 heavy (non-hydrogen) atoms. The van der Waals surface area contributed by atoms with Crippen LogP contribution in [-0.4, -0.2) is 18.8 Å². The number of nitriles is 1. The summed E-state index contributed by atoms with van der Waals surface area (Å²) in [5.74, 6) is 0. The minimum atomic E-state index is -0.218. The average molecular weight is 297 g/mol. The molecule has 0 heterocycles. The number of ether oxygens (including phenoxy) is 1. The maximum atomic E-state index is 8.88. The quantitative estimate of drug-likeness (QED) is 0.904. The van der Waals surface area contributed by atoms with Gasteiger partial charge < -0.3 is 10.1 Å². The second kappa shape index (κ2) is 6.04. The maximum absolute atomic E-state index is 8.88. The van der Waals surface area contributed by atoms with Gasteiger partial charge in [0, 0.05) is 23.3 Å². The molecule has 1 N–H and O–H groups in total. The summed E-state index contributed by atoms with van der Waals surface area (Å²) in [5, 5.41) is 12.2. The first-order valence-electron chi connectivity index (χ1n) is 5.55. The number of rotatable bonds is 5. The first kappa shape index (κ1) is 14.0. The van der Waals surface area contributed by atoms with Crippen molar-refractivity contribution >= 4 is 21.6 Å². The van der Waals surface area contributed by atoms with Crippen LogP contribution in [0.5, 0.6) is 0 Å². The van der Waals surface area contributed by atoms with Crippen LogP contribution in [0.2, 0.25) is 0 Å². The Morgan fingerprint density at radius 1 is 1.41 bits per heavy atom. The zero-order chi connectivity index (χ0) is 12.9. The van der Waals surface area contributed by atoms with Gasteiger partial charge in [-0.25, -0.2) is 0 Å². The molecule has 1 aromatic rings. The number of nitrogens with zero attached hydrogens (tertiary/aromatic N) is 1. The predicted molar refractivity (Wildman–Crippen MR) is 73.1 cm³/mol. The van der Waals surface area contributed by atoms with Crippen LogP contribution in [0.25, 0.3) is 0 Å². The highest BCUT2D eigenvalue weighted by atomic mass is 79.9. The molecule has 0 bridgehead atoms. The van der Waals surface area contributed by atoms with Gasteiger partial charge in [0.15, 0.2) is 0 Å². The van der Waals surface area contributed by atoms with E-state index in [4.69, 9.17) is 10.00 Å². The van der Waals surface area contributed by atoms with Crippen molar-refractivity contribution in [3.05, 3.63) is 28.2 Å². The van der Waals surface area contributed by atoms with Gasteiger partial charge in [-0.15, -0.1) is 0 Å². The Bertz CT molecular complexity index is 424. The van der Waals surface area contributed by atoms with E-state index >= 15 is 0 Å². The smallest absolute Gasteiger partial charge is 0.0992 e. The Kier molecular flexibility index (Phi) is 4.98. The summed E-state index contributed by atoms with van der Waals surface area (Å²) in [6.07, 6.45) is 0. The summed E-state index contributed by atoms with van der Waals surface area (Å²) in [5.41, 5.74) is 1.34. The fraction of sp³-hybridized carbons (Fsp3) is 0.462. The molecular formula is C13H17BrN2O. The lowest BCUT2D eigenvalue weighted by Crippen LogP contribution is -2.33. The normalized spacial score (nSPS) is 11.0. The van der Waals surface area contributed by atoms with Gasteiger partial charge in [-0.1, -0.05) is 15.9 Å². The van der Waals surface area contributed by atoms with E-state index in [-0.39, 0.29) is 5.60 Å². The van der Waals surface area contributed by atoms with Gasteiger partial charge in [-0.05, 0) is 39.0 Å². The van der Waals surface area contributed by atoms with E-state index in [9.17, 15) is 0 Å². The highest BCUT2D eigenvalue weighted by molar-refractivity contribution is 9.10. The molecule has 92 valence electrons. The summed E-state index contributed by atoms with van der Waals surface area (Å²) in [7, 11) is 0. The van der Waals surface area contributed by atoms with Gasteiger partial charge in [-0.2, -0.15) is 5.26 Å². The first-order chi connectivity index (χ1) is 7.96. The fourth-order valence-electron chi connectivity index (χ4n) is 1.51. The standard InChI is InChI=1S/C13H17BrN2O/c1-4-17-13(2,3)9-16-12-6-10(8-15)5-11(14)7-12/h5-7,16H,4,9H2,1-3H3. The van der Waals surface area contributed by atoms with Crippen molar-refractivity contribution in [1.82, 2.24) is 0 Å². The van der Waals surface area contributed by atoms with Crippen LogP contribution in [-0.2, 0) is 4.74 Å². The highest BCUT2D eigenvalue weighted by Gasteiger charge is 2.17. The van der Waals surface area contributed by atoms with Gasteiger partial charge in [0.05, 0.1) is 17.2 Å². The van der Waals surface area contributed by atoms with E-state index in [2.05, 4.69) is 27.3 Å². The van der Waals surface area contributed by atoms with Gasteiger partial charge in [0.25, 0.3) is 0 Å². The zero-order valence-corrected chi connectivity index (χ0v) is 12.0. The molecule has 0 aliphatic carbocycles. The van der Waals surface area contributed by atoms with E-state index in [1.54, 1.807) is 6.07 Å². The second-order valence-corrected chi connectivity index (χ2v) is 5.30. The van der Waals surface area contributed by atoms with Crippen LogP contribution >= 0.6 is 15.9 Å². The summed E-state index contributed by atoms with van der Waals surface area (Å²) in [6.45, 7) is 7.44. The number of benzene rings is 1. The number of nitrogens with one attached hydrogen (secondary N) is 1. The third kappa shape index (κ3) is 4.76. The maximum Gasteiger partial charge on any atom is 0.0992 e. The molecule has 0 unspecified atom stereocenters. The van der Waals surface area contributed by atoms with Crippen molar-refractivity contribution in [2.75, 3.05) is 18.5 Å².